The third kappa shape index (κ3) is 21.5. The molecule has 0 bridgehead atoms. The zero-order chi connectivity index (χ0) is 50.3. The molecule has 0 saturated carbocycles. The van der Waals surface area contributed by atoms with Crippen LogP contribution in [0.5, 0.6) is 28.7 Å². The van der Waals surface area contributed by atoms with E-state index in [9.17, 15) is 19.2 Å². The van der Waals surface area contributed by atoms with Gasteiger partial charge in [-0.05, 0) is 134 Å². The van der Waals surface area contributed by atoms with Crippen molar-refractivity contribution in [1.29, 1.82) is 0 Å². The predicted octanol–water partition coefficient (Wildman–Crippen LogP) is 15.7. The topological polar surface area (TPSA) is 124 Å². The van der Waals surface area contributed by atoms with Crippen LogP contribution in [0.1, 0.15) is 173 Å². The van der Waals surface area contributed by atoms with Crippen molar-refractivity contribution in [2.45, 2.75) is 142 Å². The van der Waals surface area contributed by atoms with E-state index < -0.39 is 17.9 Å². The van der Waals surface area contributed by atoms with E-state index in [2.05, 4.69) is 13.5 Å². The van der Waals surface area contributed by atoms with Crippen molar-refractivity contribution in [2.24, 2.45) is 0 Å². The van der Waals surface area contributed by atoms with Crippen molar-refractivity contribution >= 4 is 23.9 Å². The number of rotatable bonds is 34. The molecule has 5 aromatic carbocycles. The van der Waals surface area contributed by atoms with E-state index in [0.29, 0.717) is 65.1 Å². The molecule has 5 rings (SSSR count). The second-order valence-corrected chi connectivity index (χ2v) is 18.1. The second-order valence-electron chi connectivity index (χ2n) is 18.1. The molecule has 0 unspecified atom stereocenters. The minimum Gasteiger partial charge on any atom is -0.494 e. The van der Waals surface area contributed by atoms with Gasteiger partial charge in [-0.25, -0.2) is 19.2 Å². The lowest BCUT2D eigenvalue weighted by molar-refractivity contribution is -0.139. The Labute approximate surface area is 422 Å². The number of hydrogen-bond donors (Lipinski definition) is 0. The van der Waals surface area contributed by atoms with Crippen molar-refractivity contribution in [3.05, 3.63) is 150 Å². The van der Waals surface area contributed by atoms with Crippen LogP contribution in [0, 0.1) is 0 Å². The summed E-state index contributed by atoms with van der Waals surface area (Å²) < 4.78 is 33.7. The largest absolute Gasteiger partial charge is 0.494 e. The summed E-state index contributed by atoms with van der Waals surface area (Å²) in [5.41, 5.74) is 3.35. The summed E-state index contributed by atoms with van der Waals surface area (Å²) in [5, 5.41) is 0. The average molecular weight is 967 g/mol. The van der Waals surface area contributed by atoms with E-state index in [1.807, 2.05) is 24.3 Å². The third-order valence-corrected chi connectivity index (χ3v) is 12.1. The lowest BCUT2D eigenvalue weighted by Crippen LogP contribution is -2.10. The van der Waals surface area contributed by atoms with Gasteiger partial charge in [-0.15, -0.1) is 0 Å². The lowest BCUT2D eigenvalue weighted by Gasteiger charge is -2.09. The van der Waals surface area contributed by atoms with E-state index >= 15 is 0 Å². The summed E-state index contributed by atoms with van der Waals surface area (Å²) in [7, 11) is 0. The molecule has 0 aromatic heterocycles. The van der Waals surface area contributed by atoms with Crippen LogP contribution in [-0.4, -0.2) is 43.7 Å². The summed E-state index contributed by atoms with van der Waals surface area (Å²) in [4.78, 5) is 50.0. The molecular weight excluding hydrogens is 893 g/mol. The fraction of sp³-hybridized carbons (Fsp3) is 0.410. The Bertz CT molecular complexity index is 2330. The standard InChI is InChI=1S/C61H74O10/c1-4-5-6-7-8-9-12-15-18-21-44-66-54-36-30-51(31-37-54)60(64)71-57-42-32-52(33-43-57)61(65)70-56-40-26-49(27-41-56)48-24-38-55(39-25-48)69-59(63)50-28-34-53(35-29-50)67-45-22-19-16-13-10-11-14-17-20-23-46-68-58(62)47(2)3/h24-43H,2,4-23,44-46H2,1,3H3. The molecule has 0 amide bonds. The van der Waals surface area contributed by atoms with Gasteiger partial charge in [-0.2, -0.15) is 0 Å². The molecule has 0 saturated heterocycles. The number of carbonyl (C=O) groups excluding carboxylic acids is 4. The maximum Gasteiger partial charge on any atom is 0.343 e. The van der Waals surface area contributed by atoms with Gasteiger partial charge < -0.3 is 28.4 Å². The van der Waals surface area contributed by atoms with Gasteiger partial charge in [-0.1, -0.05) is 147 Å². The molecule has 0 radical (unpaired) electrons. The van der Waals surface area contributed by atoms with Crippen LogP contribution in [0.4, 0.5) is 0 Å². The zero-order valence-corrected chi connectivity index (χ0v) is 42.1. The highest BCUT2D eigenvalue weighted by Crippen LogP contribution is 2.27. The first kappa shape index (κ1) is 55.2. The van der Waals surface area contributed by atoms with Crippen LogP contribution in [0.3, 0.4) is 0 Å². The maximum absolute atomic E-state index is 12.9. The Hall–Kier alpha value is -6.68. The quantitative estimate of drug-likeness (QED) is 0.0170. The molecule has 71 heavy (non-hydrogen) atoms. The van der Waals surface area contributed by atoms with E-state index in [1.165, 1.54) is 89.9 Å². The van der Waals surface area contributed by atoms with E-state index in [4.69, 9.17) is 28.4 Å². The fourth-order valence-corrected chi connectivity index (χ4v) is 7.84. The molecule has 0 N–H and O–H groups in total. The highest BCUT2D eigenvalue weighted by Gasteiger charge is 2.14. The summed E-state index contributed by atoms with van der Waals surface area (Å²) in [6.07, 6.45) is 24.0. The monoisotopic (exact) mass is 967 g/mol. The molecule has 10 heteroatoms. The Morgan fingerprint density at radius 2 is 0.620 bits per heavy atom. The van der Waals surface area contributed by atoms with Crippen LogP contribution in [-0.2, 0) is 9.53 Å². The summed E-state index contributed by atoms with van der Waals surface area (Å²) in [5.74, 6) is 0.707. The van der Waals surface area contributed by atoms with Gasteiger partial charge in [0, 0.05) is 5.57 Å². The number of carbonyl (C=O) groups is 4. The first-order valence-corrected chi connectivity index (χ1v) is 25.9. The Morgan fingerprint density at radius 3 is 0.930 bits per heavy atom. The average Bonchev–Trinajstić information content (AvgIpc) is 3.39. The number of hydrogen-bond acceptors (Lipinski definition) is 10. The minimum absolute atomic E-state index is 0.304. The third-order valence-electron chi connectivity index (χ3n) is 12.1. The Kier molecular flexibility index (Phi) is 25.1. The summed E-state index contributed by atoms with van der Waals surface area (Å²) in [6.45, 7) is 9.26. The molecule has 0 aliphatic carbocycles. The predicted molar refractivity (Wildman–Crippen MR) is 281 cm³/mol. The van der Waals surface area contributed by atoms with Gasteiger partial charge in [0.05, 0.1) is 36.5 Å². The zero-order valence-electron chi connectivity index (χ0n) is 42.1. The minimum atomic E-state index is -0.548. The van der Waals surface area contributed by atoms with Crippen molar-refractivity contribution in [3.63, 3.8) is 0 Å². The highest BCUT2D eigenvalue weighted by molar-refractivity contribution is 5.93. The van der Waals surface area contributed by atoms with Gasteiger partial charge in [0.1, 0.15) is 28.7 Å². The van der Waals surface area contributed by atoms with Crippen molar-refractivity contribution in [2.75, 3.05) is 19.8 Å². The van der Waals surface area contributed by atoms with Crippen LogP contribution < -0.4 is 23.7 Å². The molecule has 10 nitrogen and oxygen atoms in total. The first-order chi connectivity index (χ1) is 34.7. The van der Waals surface area contributed by atoms with Gasteiger partial charge in [0.15, 0.2) is 0 Å². The van der Waals surface area contributed by atoms with Crippen molar-refractivity contribution in [3.8, 4) is 39.9 Å². The molecule has 378 valence electrons. The molecule has 0 aliphatic rings. The number of benzene rings is 5. The van der Waals surface area contributed by atoms with Gasteiger partial charge in [-0.3, -0.25) is 0 Å². The number of ether oxygens (including phenoxy) is 6. The lowest BCUT2D eigenvalue weighted by atomic mass is 10.1. The molecule has 0 atom stereocenters. The fourth-order valence-electron chi connectivity index (χ4n) is 7.84. The molecule has 5 aromatic rings. The van der Waals surface area contributed by atoms with Crippen molar-refractivity contribution < 1.29 is 47.6 Å². The number of unbranched alkanes of at least 4 members (excludes halogenated alkanes) is 18. The number of esters is 4. The van der Waals surface area contributed by atoms with Crippen molar-refractivity contribution in [1.82, 2.24) is 0 Å². The maximum atomic E-state index is 12.9. The Balaban J connectivity index is 0.924. The van der Waals surface area contributed by atoms with Gasteiger partial charge in [0.25, 0.3) is 0 Å². The summed E-state index contributed by atoms with van der Waals surface area (Å²) in [6, 6.07) is 34.4. The molecule has 0 aliphatic heterocycles. The molecular formula is C61H74O10. The molecule has 0 fully saturated rings. The van der Waals surface area contributed by atoms with Crippen LogP contribution in [0.15, 0.2) is 133 Å². The van der Waals surface area contributed by atoms with E-state index in [-0.39, 0.29) is 5.97 Å². The molecule has 0 heterocycles. The summed E-state index contributed by atoms with van der Waals surface area (Å²) >= 11 is 0. The highest BCUT2D eigenvalue weighted by atomic mass is 16.5. The van der Waals surface area contributed by atoms with Gasteiger partial charge in [0.2, 0.25) is 0 Å². The SMILES string of the molecule is C=C(C)C(=O)OCCCCCCCCCCCCOc1ccc(C(=O)Oc2ccc(-c3ccc(OC(=O)c4ccc(OC(=O)c5ccc(OCCCCCCCCCCCC)cc5)cc4)cc3)cc2)cc1. The smallest absolute Gasteiger partial charge is 0.343 e. The van der Waals surface area contributed by atoms with Gasteiger partial charge >= 0.3 is 23.9 Å². The molecule has 0 spiro atoms. The second kappa shape index (κ2) is 32.3. The van der Waals surface area contributed by atoms with E-state index in [1.54, 1.807) is 104 Å². The Morgan fingerprint density at radius 1 is 0.352 bits per heavy atom. The normalized spacial score (nSPS) is 10.8. The van der Waals surface area contributed by atoms with Crippen LogP contribution >= 0.6 is 0 Å². The first-order valence-electron chi connectivity index (χ1n) is 25.9. The van der Waals surface area contributed by atoms with Crippen LogP contribution in [0.25, 0.3) is 11.1 Å². The van der Waals surface area contributed by atoms with E-state index in [0.717, 1.165) is 55.4 Å². The van der Waals surface area contributed by atoms with Crippen LogP contribution in [0.2, 0.25) is 0 Å².